The summed E-state index contributed by atoms with van der Waals surface area (Å²) in [6.45, 7) is 8.37. The molecule has 0 aromatic heterocycles. The SMILES string of the molecule is COc1cc(C=C(C)CNCC(C)C)ccc1OCC#N. The molecule has 0 heterocycles. The van der Waals surface area contributed by atoms with Crippen molar-refractivity contribution in [2.24, 2.45) is 5.92 Å². The topological polar surface area (TPSA) is 54.3 Å². The van der Waals surface area contributed by atoms with Gasteiger partial charge < -0.3 is 14.8 Å². The summed E-state index contributed by atoms with van der Waals surface area (Å²) >= 11 is 0. The maximum atomic E-state index is 8.55. The van der Waals surface area contributed by atoms with Gasteiger partial charge in [0.2, 0.25) is 0 Å². The molecule has 1 aromatic rings. The Balaban J connectivity index is 2.72. The molecule has 0 aliphatic rings. The number of benzene rings is 1. The lowest BCUT2D eigenvalue weighted by Crippen LogP contribution is -2.21. The van der Waals surface area contributed by atoms with E-state index in [1.54, 1.807) is 7.11 Å². The molecule has 0 aliphatic carbocycles. The van der Waals surface area contributed by atoms with Crippen LogP contribution in [0.5, 0.6) is 11.5 Å². The molecule has 21 heavy (non-hydrogen) atoms. The van der Waals surface area contributed by atoms with Crippen LogP contribution < -0.4 is 14.8 Å². The second-order valence-electron chi connectivity index (χ2n) is 5.37. The van der Waals surface area contributed by atoms with Crippen molar-refractivity contribution in [1.82, 2.24) is 5.32 Å². The van der Waals surface area contributed by atoms with Crippen LogP contribution in [-0.4, -0.2) is 26.8 Å². The van der Waals surface area contributed by atoms with E-state index in [2.05, 4.69) is 32.2 Å². The zero-order chi connectivity index (χ0) is 15.7. The third kappa shape index (κ3) is 6.33. The normalized spacial score (nSPS) is 11.3. The summed E-state index contributed by atoms with van der Waals surface area (Å²) in [5.74, 6) is 1.88. The van der Waals surface area contributed by atoms with Crippen LogP contribution in [0.25, 0.3) is 6.08 Å². The molecule has 1 N–H and O–H groups in total. The van der Waals surface area contributed by atoms with Gasteiger partial charge in [0.25, 0.3) is 0 Å². The quantitative estimate of drug-likeness (QED) is 0.798. The summed E-state index contributed by atoms with van der Waals surface area (Å²) < 4.78 is 10.6. The van der Waals surface area contributed by atoms with Crippen LogP contribution >= 0.6 is 0 Å². The molecule has 4 heteroatoms. The lowest BCUT2D eigenvalue weighted by Gasteiger charge is -2.10. The Labute approximate surface area is 127 Å². The van der Waals surface area contributed by atoms with E-state index in [4.69, 9.17) is 14.7 Å². The lowest BCUT2D eigenvalue weighted by atomic mass is 10.1. The van der Waals surface area contributed by atoms with Gasteiger partial charge in [0.05, 0.1) is 7.11 Å². The minimum Gasteiger partial charge on any atom is -0.493 e. The molecule has 1 rings (SSSR count). The maximum absolute atomic E-state index is 8.55. The first-order valence-electron chi connectivity index (χ1n) is 7.12. The smallest absolute Gasteiger partial charge is 0.174 e. The zero-order valence-electron chi connectivity index (χ0n) is 13.3. The largest absolute Gasteiger partial charge is 0.493 e. The molecule has 0 saturated heterocycles. The highest BCUT2D eigenvalue weighted by molar-refractivity contribution is 5.58. The van der Waals surface area contributed by atoms with Gasteiger partial charge in [-0.2, -0.15) is 5.26 Å². The van der Waals surface area contributed by atoms with Crippen molar-refractivity contribution in [1.29, 1.82) is 5.26 Å². The minimum absolute atomic E-state index is 0.0176. The van der Waals surface area contributed by atoms with Gasteiger partial charge in [0, 0.05) is 6.54 Å². The number of rotatable bonds is 8. The lowest BCUT2D eigenvalue weighted by molar-refractivity contribution is 0.329. The van der Waals surface area contributed by atoms with Crippen molar-refractivity contribution in [2.45, 2.75) is 20.8 Å². The Hall–Kier alpha value is -1.99. The molecule has 0 fully saturated rings. The van der Waals surface area contributed by atoms with E-state index in [1.165, 1.54) is 5.57 Å². The highest BCUT2D eigenvalue weighted by Crippen LogP contribution is 2.28. The maximum Gasteiger partial charge on any atom is 0.174 e. The van der Waals surface area contributed by atoms with Gasteiger partial charge in [0.1, 0.15) is 6.07 Å². The van der Waals surface area contributed by atoms with Crippen LogP contribution in [0.2, 0.25) is 0 Å². The van der Waals surface area contributed by atoms with E-state index < -0.39 is 0 Å². The average molecular weight is 288 g/mol. The number of ether oxygens (including phenoxy) is 2. The highest BCUT2D eigenvalue weighted by Gasteiger charge is 2.05. The fraction of sp³-hybridized carbons (Fsp3) is 0.471. The van der Waals surface area contributed by atoms with Crippen LogP contribution in [0.4, 0.5) is 0 Å². The molecule has 0 spiro atoms. The summed E-state index contributed by atoms with van der Waals surface area (Å²) in [6, 6.07) is 7.65. The fourth-order valence-corrected chi connectivity index (χ4v) is 1.90. The molecule has 0 amide bonds. The van der Waals surface area contributed by atoms with Crippen LogP contribution in [0.1, 0.15) is 26.3 Å². The van der Waals surface area contributed by atoms with Gasteiger partial charge >= 0.3 is 0 Å². The Morgan fingerprint density at radius 1 is 1.38 bits per heavy atom. The van der Waals surface area contributed by atoms with Gasteiger partial charge in [0.15, 0.2) is 18.1 Å². The van der Waals surface area contributed by atoms with Crippen molar-refractivity contribution >= 4 is 6.08 Å². The summed E-state index contributed by atoms with van der Waals surface area (Å²) in [7, 11) is 1.60. The monoisotopic (exact) mass is 288 g/mol. The zero-order valence-corrected chi connectivity index (χ0v) is 13.3. The van der Waals surface area contributed by atoms with Crippen molar-refractivity contribution in [3.05, 3.63) is 29.3 Å². The van der Waals surface area contributed by atoms with Gasteiger partial charge in [-0.05, 0) is 37.1 Å². The summed E-state index contributed by atoms with van der Waals surface area (Å²) in [6.07, 6.45) is 2.11. The Morgan fingerprint density at radius 2 is 2.14 bits per heavy atom. The predicted octanol–water partition coefficient (Wildman–Crippen LogP) is 3.25. The molecule has 4 nitrogen and oxygen atoms in total. The van der Waals surface area contributed by atoms with Gasteiger partial charge in [-0.1, -0.05) is 31.6 Å². The molecule has 0 aliphatic heterocycles. The van der Waals surface area contributed by atoms with E-state index in [0.29, 0.717) is 17.4 Å². The van der Waals surface area contributed by atoms with E-state index in [0.717, 1.165) is 18.7 Å². The molecular formula is C17H24N2O2. The standard InChI is InChI=1S/C17H24N2O2/c1-13(2)11-19-12-14(3)9-15-5-6-16(21-8-7-18)17(10-15)20-4/h5-6,9-10,13,19H,8,11-12H2,1-4H3. The third-order valence-corrected chi connectivity index (χ3v) is 2.85. The average Bonchev–Trinajstić information content (AvgIpc) is 2.45. The molecule has 0 saturated carbocycles. The van der Waals surface area contributed by atoms with Crippen molar-refractivity contribution < 1.29 is 9.47 Å². The predicted molar refractivity (Wildman–Crippen MR) is 85.5 cm³/mol. The van der Waals surface area contributed by atoms with E-state index in [-0.39, 0.29) is 6.61 Å². The van der Waals surface area contributed by atoms with Crippen molar-refractivity contribution in [3.8, 4) is 17.6 Å². The summed E-state index contributed by atoms with van der Waals surface area (Å²) in [5.41, 5.74) is 2.31. The van der Waals surface area contributed by atoms with Crippen LogP contribution in [0, 0.1) is 17.2 Å². The number of methoxy groups -OCH3 is 1. The molecule has 0 radical (unpaired) electrons. The minimum atomic E-state index is 0.0176. The Bertz CT molecular complexity index is 516. The Morgan fingerprint density at radius 3 is 2.76 bits per heavy atom. The number of nitrogens with one attached hydrogen (secondary N) is 1. The molecule has 0 bridgehead atoms. The van der Waals surface area contributed by atoms with Gasteiger partial charge in [-0.3, -0.25) is 0 Å². The van der Waals surface area contributed by atoms with Gasteiger partial charge in [-0.15, -0.1) is 0 Å². The first-order valence-corrected chi connectivity index (χ1v) is 7.12. The van der Waals surface area contributed by atoms with Gasteiger partial charge in [-0.25, -0.2) is 0 Å². The van der Waals surface area contributed by atoms with Crippen LogP contribution in [0.15, 0.2) is 23.8 Å². The number of nitrogens with zero attached hydrogens (tertiary/aromatic N) is 1. The van der Waals surface area contributed by atoms with Crippen LogP contribution in [0.3, 0.4) is 0 Å². The van der Waals surface area contributed by atoms with E-state index >= 15 is 0 Å². The molecule has 1 aromatic carbocycles. The highest BCUT2D eigenvalue weighted by atomic mass is 16.5. The van der Waals surface area contributed by atoms with E-state index in [9.17, 15) is 0 Å². The Kier molecular flexibility index (Phi) is 7.34. The van der Waals surface area contributed by atoms with Crippen molar-refractivity contribution in [3.63, 3.8) is 0 Å². The summed E-state index contributed by atoms with van der Waals surface area (Å²) in [5, 5.41) is 12.0. The third-order valence-electron chi connectivity index (χ3n) is 2.85. The van der Waals surface area contributed by atoms with Crippen molar-refractivity contribution in [2.75, 3.05) is 26.8 Å². The first kappa shape index (κ1) is 17.1. The first-order chi connectivity index (χ1) is 10.1. The second kappa shape index (κ2) is 9.04. The number of hydrogen-bond acceptors (Lipinski definition) is 4. The molecular weight excluding hydrogens is 264 g/mol. The molecule has 0 atom stereocenters. The summed E-state index contributed by atoms with van der Waals surface area (Å²) in [4.78, 5) is 0. The van der Waals surface area contributed by atoms with E-state index in [1.807, 2.05) is 24.3 Å². The number of nitriles is 1. The molecule has 114 valence electrons. The van der Waals surface area contributed by atoms with Crippen LogP contribution in [-0.2, 0) is 0 Å². The second-order valence-corrected chi connectivity index (χ2v) is 5.37. The number of hydrogen-bond donors (Lipinski definition) is 1. The fourth-order valence-electron chi connectivity index (χ4n) is 1.90. The molecule has 0 unspecified atom stereocenters.